The van der Waals surface area contributed by atoms with Gasteiger partial charge in [0.15, 0.2) is 5.69 Å². The number of hydrogen-bond donors (Lipinski definition) is 1. The van der Waals surface area contributed by atoms with Crippen LogP contribution in [0.2, 0.25) is 0 Å². The Labute approximate surface area is 122 Å². The third-order valence-corrected chi connectivity index (χ3v) is 3.96. The van der Waals surface area contributed by atoms with Crippen LogP contribution in [0.4, 0.5) is 8.78 Å². The first-order valence-corrected chi connectivity index (χ1v) is 7.28. The molecule has 1 unspecified atom stereocenters. The van der Waals surface area contributed by atoms with Crippen molar-refractivity contribution in [3.8, 4) is 0 Å². The number of rotatable bonds is 4. The molecule has 1 fully saturated rings. The number of halogens is 2. The molecule has 1 aromatic rings. The van der Waals surface area contributed by atoms with Crippen LogP contribution in [0.15, 0.2) is 6.07 Å². The molecule has 1 atom stereocenters. The molecule has 118 valence electrons. The number of aliphatic hydroxyl groups excluding tert-OH is 1. The van der Waals surface area contributed by atoms with Gasteiger partial charge in [-0.25, -0.2) is 8.78 Å². The Bertz CT molecular complexity index is 491. The molecule has 1 aliphatic heterocycles. The number of nitrogens with zero attached hydrogens (tertiary/aromatic N) is 3. The van der Waals surface area contributed by atoms with Crippen molar-refractivity contribution in [2.45, 2.75) is 44.6 Å². The molecule has 1 N–H and O–H groups in total. The number of hydrogen-bond acceptors (Lipinski definition) is 3. The standard InChI is InChI=1S/C14H21F2N3O2/c1-18-12(13(15)16)9-11(17-18)14(21)19-7-4-2-3-5-10(19)6-8-20/h9-10,13,20H,2-8H2,1H3. The lowest BCUT2D eigenvalue weighted by atomic mass is 10.1. The van der Waals surface area contributed by atoms with E-state index in [4.69, 9.17) is 5.11 Å². The molecule has 0 radical (unpaired) electrons. The number of alkyl halides is 2. The van der Waals surface area contributed by atoms with Gasteiger partial charge < -0.3 is 10.0 Å². The molecule has 1 aromatic heterocycles. The van der Waals surface area contributed by atoms with Crippen molar-refractivity contribution in [2.75, 3.05) is 13.2 Å². The molecule has 0 bridgehead atoms. The van der Waals surface area contributed by atoms with Crippen molar-refractivity contribution in [1.82, 2.24) is 14.7 Å². The van der Waals surface area contributed by atoms with Crippen LogP contribution in [0.25, 0.3) is 0 Å². The van der Waals surface area contributed by atoms with Gasteiger partial charge in [-0.1, -0.05) is 12.8 Å². The van der Waals surface area contributed by atoms with E-state index >= 15 is 0 Å². The molecule has 1 saturated heterocycles. The first kappa shape index (κ1) is 15.9. The number of carbonyl (C=O) groups excluding carboxylic acids is 1. The zero-order chi connectivity index (χ0) is 15.4. The van der Waals surface area contributed by atoms with Gasteiger partial charge in [0.1, 0.15) is 5.69 Å². The summed E-state index contributed by atoms with van der Waals surface area (Å²) in [5, 5.41) is 13.1. The maximum Gasteiger partial charge on any atom is 0.280 e. The predicted molar refractivity (Wildman–Crippen MR) is 73.2 cm³/mol. The summed E-state index contributed by atoms with van der Waals surface area (Å²) >= 11 is 0. The zero-order valence-corrected chi connectivity index (χ0v) is 12.1. The van der Waals surface area contributed by atoms with Crippen molar-refractivity contribution < 1.29 is 18.7 Å². The molecule has 0 spiro atoms. The largest absolute Gasteiger partial charge is 0.396 e. The maximum atomic E-state index is 12.8. The van der Waals surface area contributed by atoms with E-state index in [2.05, 4.69) is 5.10 Å². The van der Waals surface area contributed by atoms with Gasteiger partial charge >= 0.3 is 0 Å². The van der Waals surface area contributed by atoms with Gasteiger partial charge in [0.05, 0.1) is 0 Å². The minimum atomic E-state index is -2.65. The van der Waals surface area contributed by atoms with Gasteiger partial charge in [0, 0.05) is 26.2 Å². The van der Waals surface area contributed by atoms with Gasteiger partial charge in [-0.2, -0.15) is 5.10 Å². The lowest BCUT2D eigenvalue weighted by Crippen LogP contribution is -2.40. The Morgan fingerprint density at radius 3 is 2.86 bits per heavy atom. The normalized spacial score (nSPS) is 19.9. The highest BCUT2D eigenvalue weighted by molar-refractivity contribution is 5.92. The van der Waals surface area contributed by atoms with E-state index in [-0.39, 0.29) is 29.9 Å². The van der Waals surface area contributed by atoms with Crippen LogP contribution in [-0.4, -0.2) is 44.9 Å². The van der Waals surface area contributed by atoms with Crippen LogP contribution in [0.3, 0.4) is 0 Å². The average Bonchev–Trinajstić information content (AvgIpc) is 2.68. The summed E-state index contributed by atoms with van der Waals surface area (Å²) < 4.78 is 26.6. The van der Waals surface area contributed by atoms with Crippen LogP contribution in [-0.2, 0) is 7.05 Å². The number of carbonyl (C=O) groups is 1. The smallest absolute Gasteiger partial charge is 0.280 e. The number of aliphatic hydroxyl groups is 1. The van der Waals surface area contributed by atoms with E-state index in [1.807, 2.05) is 0 Å². The Kier molecular flexibility index (Phi) is 5.27. The van der Waals surface area contributed by atoms with Crippen LogP contribution in [0, 0.1) is 0 Å². The second kappa shape index (κ2) is 6.98. The fourth-order valence-corrected chi connectivity index (χ4v) is 2.83. The zero-order valence-electron chi connectivity index (χ0n) is 12.1. The SMILES string of the molecule is Cn1nc(C(=O)N2CCCCCC2CCO)cc1C(F)F. The lowest BCUT2D eigenvalue weighted by molar-refractivity contribution is 0.0647. The van der Waals surface area contributed by atoms with Gasteiger partial charge in [-0.15, -0.1) is 0 Å². The predicted octanol–water partition coefficient (Wildman–Crippen LogP) is 2.12. The van der Waals surface area contributed by atoms with E-state index in [0.29, 0.717) is 13.0 Å². The first-order chi connectivity index (χ1) is 10.0. The quantitative estimate of drug-likeness (QED) is 0.927. The minimum Gasteiger partial charge on any atom is -0.396 e. The molecule has 0 saturated carbocycles. The molecular weight excluding hydrogens is 280 g/mol. The van der Waals surface area contributed by atoms with Crippen LogP contribution in [0.1, 0.15) is 54.7 Å². The van der Waals surface area contributed by atoms with Gasteiger partial charge in [0.25, 0.3) is 12.3 Å². The van der Waals surface area contributed by atoms with Gasteiger partial charge in [-0.05, 0) is 25.3 Å². The average molecular weight is 301 g/mol. The van der Waals surface area contributed by atoms with Gasteiger partial charge in [0.2, 0.25) is 0 Å². The molecule has 0 aliphatic carbocycles. The summed E-state index contributed by atoms with van der Waals surface area (Å²) in [5.41, 5.74) is -0.204. The summed E-state index contributed by atoms with van der Waals surface area (Å²) in [6.07, 6.45) is 1.64. The van der Waals surface area contributed by atoms with E-state index in [0.717, 1.165) is 36.4 Å². The molecule has 0 aromatic carbocycles. The van der Waals surface area contributed by atoms with Crippen LogP contribution < -0.4 is 0 Å². The summed E-state index contributed by atoms with van der Waals surface area (Å²) in [6, 6.07) is 1.12. The van der Waals surface area contributed by atoms with E-state index < -0.39 is 6.43 Å². The summed E-state index contributed by atoms with van der Waals surface area (Å²) in [7, 11) is 1.41. The van der Waals surface area contributed by atoms with Crippen molar-refractivity contribution in [3.05, 3.63) is 17.5 Å². The third-order valence-electron chi connectivity index (χ3n) is 3.96. The molecule has 2 heterocycles. The Morgan fingerprint density at radius 2 is 2.24 bits per heavy atom. The summed E-state index contributed by atoms with van der Waals surface area (Å²) in [5.74, 6) is -0.321. The van der Waals surface area contributed by atoms with Crippen molar-refractivity contribution in [2.24, 2.45) is 7.05 Å². The number of aryl methyl sites for hydroxylation is 1. The Balaban J connectivity index is 2.21. The topological polar surface area (TPSA) is 58.4 Å². The lowest BCUT2D eigenvalue weighted by Gasteiger charge is -2.29. The number of amides is 1. The minimum absolute atomic E-state index is 0.0128. The fraction of sp³-hybridized carbons (Fsp3) is 0.714. The van der Waals surface area contributed by atoms with Crippen LogP contribution in [0.5, 0.6) is 0 Å². The van der Waals surface area contributed by atoms with Crippen LogP contribution >= 0.6 is 0 Å². The van der Waals surface area contributed by atoms with E-state index in [1.54, 1.807) is 4.90 Å². The summed E-state index contributed by atoms with van der Waals surface area (Å²) in [6.45, 7) is 0.600. The highest BCUT2D eigenvalue weighted by atomic mass is 19.3. The second-order valence-electron chi connectivity index (χ2n) is 5.39. The van der Waals surface area contributed by atoms with Gasteiger partial charge in [-0.3, -0.25) is 9.48 Å². The maximum absolute atomic E-state index is 12.8. The molecule has 2 rings (SSSR count). The van der Waals surface area contributed by atoms with Crippen molar-refractivity contribution in [3.63, 3.8) is 0 Å². The molecule has 1 aliphatic rings. The van der Waals surface area contributed by atoms with Crippen molar-refractivity contribution >= 4 is 5.91 Å². The molecule has 5 nitrogen and oxygen atoms in total. The van der Waals surface area contributed by atoms with E-state index in [1.165, 1.54) is 7.05 Å². The number of aromatic nitrogens is 2. The Hall–Kier alpha value is -1.50. The first-order valence-electron chi connectivity index (χ1n) is 7.28. The summed E-state index contributed by atoms with van der Waals surface area (Å²) in [4.78, 5) is 14.2. The third kappa shape index (κ3) is 3.58. The number of likely N-dealkylation sites (tertiary alicyclic amines) is 1. The highest BCUT2D eigenvalue weighted by Gasteiger charge is 2.28. The Morgan fingerprint density at radius 1 is 1.48 bits per heavy atom. The van der Waals surface area contributed by atoms with E-state index in [9.17, 15) is 13.6 Å². The molecule has 7 heteroatoms. The second-order valence-corrected chi connectivity index (χ2v) is 5.39. The monoisotopic (exact) mass is 301 g/mol. The molecule has 21 heavy (non-hydrogen) atoms. The van der Waals surface area contributed by atoms with Crippen molar-refractivity contribution in [1.29, 1.82) is 0 Å². The molecular formula is C14H21F2N3O2. The fourth-order valence-electron chi connectivity index (χ4n) is 2.83. The molecule has 1 amide bonds. The highest BCUT2D eigenvalue weighted by Crippen LogP contribution is 2.23.